The molecule has 2 rings (SSSR count). The molecule has 0 aliphatic carbocycles. The van der Waals surface area contributed by atoms with Crippen molar-refractivity contribution in [2.75, 3.05) is 23.8 Å². The molecule has 0 spiro atoms. The van der Waals surface area contributed by atoms with Gasteiger partial charge in [0.15, 0.2) is 0 Å². The van der Waals surface area contributed by atoms with Crippen LogP contribution in [0.5, 0.6) is 0 Å². The van der Waals surface area contributed by atoms with Crippen LogP contribution in [0, 0.1) is 11.3 Å². The first-order valence-corrected chi connectivity index (χ1v) is 7.25. The number of benzene rings is 2. The number of hydrogen-bond donors (Lipinski definition) is 1. The van der Waals surface area contributed by atoms with Crippen LogP contribution in [-0.4, -0.2) is 19.5 Å². The predicted molar refractivity (Wildman–Crippen MR) is 88.7 cm³/mol. The maximum atomic E-state index is 11.9. The van der Waals surface area contributed by atoms with E-state index in [2.05, 4.69) is 16.3 Å². The minimum atomic E-state index is -0.0310. The summed E-state index contributed by atoms with van der Waals surface area (Å²) in [6.07, 6.45) is 1.23. The second kappa shape index (κ2) is 7.84. The molecule has 2 aromatic carbocycles. The summed E-state index contributed by atoms with van der Waals surface area (Å²) in [5, 5.41) is 11.7. The first kappa shape index (κ1) is 15.6. The van der Waals surface area contributed by atoms with E-state index in [-0.39, 0.29) is 5.91 Å². The lowest BCUT2D eigenvalue weighted by molar-refractivity contribution is -0.116. The highest BCUT2D eigenvalue weighted by Gasteiger charge is 2.05. The summed E-state index contributed by atoms with van der Waals surface area (Å²) in [5.74, 6) is -0.0310. The number of nitrogens with one attached hydrogen (secondary N) is 1. The Morgan fingerprint density at radius 3 is 2.68 bits per heavy atom. The second-order valence-corrected chi connectivity index (χ2v) is 5.10. The molecule has 0 fully saturated rings. The summed E-state index contributed by atoms with van der Waals surface area (Å²) in [6.45, 7) is 0.815. The number of hydrogen-bond acceptors (Lipinski definition) is 3. The number of carbonyl (C=O) groups excluding carboxylic acids is 1. The lowest BCUT2D eigenvalue weighted by Crippen LogP contribution is -2.20. The molecule has 1 N–H and O–H groups in total. The number of amides is 1. The van der Waals surface area contributed by atoms with Gasteiger partial charge in [-0.3, -0.25) is 4.79 Å². The van der Waals surface area contributed by atoms with Crippen LogP contribution >= 0.6 is 0 Å². The van der Waals surface area contributed by atoms with Crippen LogP contribution in [0.25, 0.3) is 0 Å². The molecule has 1 amide bonds. The SMILES string of the molecule is CN(CCCC(=O)Nc1cccc(C#N)c1)c1ccccc1. The van der Waals surface area contributed by atoms with Crippen molar-refractivity contribution in [1.82, 2.24) is 0 Å². The molecule has 0 radical (unpaired) electrons. The zero-order valence-corrected chi connectivity index (χ0v) is 12.6. The Bertz CT molecular complexity index is 662. The standard InChI is InChI=1S/C18H19N3O/c1-21(17-9-3-2-4-10-17)12-6-11-18(22)20-16-8-5-7-15(13-16)14-19/h2-5,7-10,13H,6,11-12H2,1H3,(H,20,22). The Hall–Kier alpha value is -2.80. The molecule has 0 aliphatic rings. The van der Waals surface area contributed by atoms with Crippen molar-refractivity contribution >= 4 is 17.3 Å². The fourth-order valence-corrected chi connectivity index (χ4v) is 2.18. The van der Waals surface area contributed by atoms with Crippen LogP contribution in [-0.2, 0) is 4.79 Å². The van der Waals surface area contributed by atoms with Crippen LogP contribution in [0.1, 0.15) is 18.4 Å². The first-order chi connectivity index (χ1) is 10.7. The highest BCUT2D eigenvalue weighted by atomic mass is 16.1. The minimum Gasteiger partial charge on any atom is -0.375 e. The van der Waals surface area contributed by atoms with Crippen molar-refractivity contribution in [2.45, 2.75) is 12.8 Å². The molecule has 0 aromatic heterocycles. The monoisotopic (exact) mass is 293 g/mol. The van der Waals surface area contributed by atoms with Gasteiger partial charge in [0, 0.05) is 31.4 Å². The van der Waals surface area contributed by atoms with Gasteiger partial charge in [0.1, 0.15) is 0 Å². The number of anilines is 2. The molecule has 4 nitrogen and oxygen atoms in total. The Labute approximate surface area is 131 Å². The summed E-state index contributed by atoms with van der Waals surface area (Å²) >= 11 is 0. The molecule has 22 heavy (non-hydrogen) atoms. The van der Waals surface area contributed by atoms with Gasteiger partial charge in [-0.15, -0.1) is 0 Å². The topological polar surface area (TPSA) is 56.1 Å². The van der Waals surface area contributed by atoms with Crippen LogP contribution in [0.3, 0.4) is 0 Å². The molecule has 0 atom stereocenters. The number of nitriles is 1. The van der Waals surface area contributed by atoms with Gasteiger partial charge in [0.25, 0.3) is 0 Å². The van der Waals surface area contributed by atoms with E-state index in [1.165, 1.54) is 0 Å². The van der Waals surface area contributed by atoms with Gasteiger partial charge < -0.3 is 10.2 Å². The molecule has 112 valence electrons. The molecule has 0 aliphatic heterocycles. The zero-order valence-electron chi connectivity index (χ0n) is 12.6. The second-order valence-electron chi connectivity index (χ2n) is 5.10. The third-order valence-electron chi connectivity index (χ3n) is 3.37. The van der Waals surface area contributed by atoms with E-state index >= 15 is 0 Å². The quantitative estimate of drug-likeness (QED) is 0.888. The zero-order chi connectivity index (χ0) is 15.8. The van der Waals surface area contributed by atoms with Crippen molar-refractivity contribution in [1.29, 1.82) is 5.26 Å². The highest BCUT2D eigenvalue weighted by Crippen LogP contribution is 2.13. The summed E-state index contributed by atoms with van der Waals surface area (Å²) in [7, 11) is 2.02. The molecule has 4 heteroatoms. The predicted octanol–water partition coefficient (Wildman–Crippen LogP) is 3.41. The summed E-state index contributed by atoms with van der Waals surface area (Å²) in [6, 6.07) is 19.1. The van der Waals surface area contributed by atoms with Crippen LogP contribution < -0.4 is 10.2 Å². The van der Waals surface area contributed by atoms with Gasteiger partial charge in [-0.2, -0.15) is 5.26 Å². The van der Waals surface area contributed by atoms with Crippen molar-refractivity contribution in [3.8, 4) is 6.07 Å². The van der Waals surface area contributed by atoms with Gasteiger partial charge >= 0.3 is 0 Å². The van der Waals surface area contributed by atoms with E-state index in [4.69, 9.17) is 5.26 Å². The summed E-state index contributed by atoms with van der Waals surface area (Å²) in [4.78, 5) is 14.0. The normalized spacial score (nSPS) is 9.82. The molecule has 0 saturated heterocycles. The van der Waals surface area contributed by atoms with Crippen molar-refractivity contribution < 1.29 is 4.79 Å². The van der Waals surface area contributed by atoms with E-state index in [0.29, 0.717) is 17.7 Å². The minimum absolute atomic E-state index is 0.0310. The average Bonchev–Trinajstić information content (AvgIpc) is 2.55. The number of nitrogens with zero attached hydrogens (tertiary/aromatic N) is 2. The Morgan fingerprint density at radius 1 is 1.18 bits per heavy atom. The van der Waals surface area contributed by atoms with E-state index in [9.17, 15) is 4.79 Å². The van der Waals surface area contributed by atoms with E-state index in [1.54, 1.807) is 24.3 Å². The maximum Gasteiger partial charge on any atom is 0.224 e. The Morgan fingerprint density at radius 2 is 1.95 bits per heavy atom. The van der Waals surface area contributed by atoms with Crippen molar-refractivity contribution in [3.05, 3.63) is 60.2 Å². The maximum absolute atomic E-state index is 11.9. The van der Waals surface area contributed by atoms with Crippen LogP contribution in [0.2, 0.25) is 0 Å². The van der Waals surface area contributed by atoms with Crippen LogP contribution in [0.4, 0.5) is 11.4 Å². The van der Waals surface area contributed by atoms with E-state index in [1.807, 2.05) is 37.4 Å². The number of carbonyl (C=O) groups is 1. The van der Waals surface area contributed by atoms with E-state index in [0.717, 1.165) is 18.7 Å². The lowest BCUT2D eigenvalue weighted by atomic mass is 10.2. The van der Waals surface area contributed by atoms with Gasteiger partial charge in [-0.25, -0.2) is 0 Å². The van der Waals surface area contributed by atoms with Crippen LogP contribution in [0.15, 0.2) is 54.6 Å². The molecule has 0 bridgehead atoms. The molecular weight excluding hydrogens is 274 g/mol. The third-order valence-corrected chi connectivity index (χ3v) is 3.37. The summed E-state index contributed by atoms with van der Waals surface area (Å²) < 4.78 is 0. The molecule has 0 saturated carbocycles. The number of para-hydroxylation sites is 1. The lowest BCUT2D eigenvalue weighted by Gasteiger charge is -2.18. The molecule has 0 heterocycles. The third kappa shape index (κ3) is 4.64. The van der Waals surface area contributed by atoms with Gasteiger partial charge in [0.05, 0.1) is 11.6 Å². The van der Waals surface area contributed by atoms with E-state index < -0.39 is 0 Å². The highest BCUT2D eigenvalue weighted by molar-refractivity contribution is 5.90. The van der Waals surface area contributed by atoms with Crippen molar-refractivity contribution in [3.63, 3.8) is 0 Å². The fourth-order valence-electron chi connectivity index (χ4n) is 2.18. The molecule has 0 unspecified atom stereocenters. The average molecular weight is 293 g/mol. The number of rotatable bonds is 6. The van der Waals surface area contributed by atoms with Crippen molar-refractivity contribution in [2.24, 2.45) is 0 Å². The van der Waals surface area contributed by atoms with Gasteiger partial charge in [0.2, 0.25) is 5.91 Å². The summed E-state index contributed by atoms with van der Waals surface area (Å²) in [5.41, 5.74) is 2.35. The molecule has 2 aromatic rings. The largest absolute Gasteiger partial charge is 0.375 e. The first-order valence-electron chi connectivity index (χ1n) is 7.25. The fraction of sp³-hybridized carbons (Fsp3) is 0.222. The van der Waals surface area contributed by atoms with Gasteiger partial charge in [-0.1, -0.05) is 24.3 Å². The Balaban J connectivity index is 1.77. The van der Waals surface area contributed by atoms with Gasteiger partial charge in [-0.05, 0) is 36.8 Å². The molecular formula is C18H19N3O. The Kier molecular flexibility index (Phi) is 5.56. The smallest absolute Gasteiger partial charge is 0.224 e.